The topological polar surface area (TPSA) is 21.6 Å². The van der Waals surface area contributed by atoms with Crippen molar-refractivity contribution in [3.63, 3.8) is 0 Å². The number of ether oxygens (including phenoxy) is 1. The smallest absolute Gasteiger partial charge is 0.190 e. The number of rotatable bonds is 2. The monoisotopic (exact) mass is 279 g/mol. The van der Waals surface area contributed by atoms with Crippen LogP contribution >= 0.6 is 0 Å². The first-order valence-corrected chi connectivity index (χ1v) is 7.40. The summed E-state index contributed by atoms with van der Waals surface area (Å²) in [6.07, 6.45) is -0.0391. The predicted molar refractivity (Wildman–Crippen MR) is 86.3 cm³/mol. The van der Waals surface area contributed by atoms with Gasteiger partial charge >= 0.3 is 0 Å². The van der Waals surface area contributed by atoms with Gasteiger partial charge in [-0.15, -0.1) is 0 Å². The molecule has 2 nitrogen and oxygen atoms in total. The van der Waals surface area contributed by atoms with E-state index in [2.05, 4.69) is 69.3 Å². The van der Waals surface area contributed by atoms with Crippen molar-refractivity contribution < 1.29 is 4.74 Å². The minimum Gasteiger partial charge on any atom is -0.470 e. The minimum atomic E-state index is -0.0729. The Balaban J connectivity index is 2.00. The summed E-state index contributed by atoms with van der Waals surface area (Å²) in [5.74, 6) is 0.838. The third-order valence-electron chi connectivity index (χ3n) is 3.69. The van der Waals surface area contributed by atoms with E-state index >= 15 is 0 Å². The van der Waals surface area contributed by atoms with E-state index in [1.54, 1.807) is 0 Å². The van der Waals surface area contributed by atoms with E-state index in [4.69, 9.17) is 9.73 Å². The molecule has 2 aromatic carbocycles. The lowest BCUT2D eigenvalue weighted by molar-refractivity contribution is 0.177. The molecule has 0 N–H and O–H groups in total. The normalized spacial score (nSPS) is 21.8. The molecule has 3 rings (SSSR count). The molecule has 21 heavy (non-hydrogen) atoms. The number of hydrogen-bond donors (Lipinski definition) is 0. The Bertz CT molecular complexity index is 626. The Morgan fingerprint density at radius 1 is 0.810 bits per heavy atom. The van der Waals surface area contributed by atoms with E-state index in [9.17, 15) is 0 Å². The average Bonchev–Trinajstić information content (AvgIpc) is 2.94. The van der Waals surface area contributed by atoms with Gasteiger partial charge < -0.3 is 4.74 Å². The maximum Gasteiger partial charge on any atom is 0.190 e. The molecule has 0 aliphatic carbocycles. The molecular weight excluding hydrogens is 258 g/mol. The van der Waals surface area contributed by atoms with Gasteiger partial charge in [0.25, 0.3) is 0 Å². The van der Waals surface area contributed by atoms with Crippen molar-refractivity contribution in [3.05, 3.63) is 71.8 Å². The van der Waals surface area contributed by atoms with E-state index in [1.807, 2.05) is 12.1 Å². The number of benzene rings is 2. The second-order valence-electron chi connectivity index (χ2n) is 6.49. The molecule has 0 bridgehead atoms. The fourth-order valence-corrected chi connectivity index (χ4v) is 2.57. The van der Waals surface area contributed by atoms with Crippen LogP contribution in [-0.4, -0.2) is 5.90 Å². The van der Waals surface area contributed by atoms with Crippen LogP contribution in [0.4, 0.5) is 0 Å². The molecule has 2 aromatic rings. The van der Waals surface area contributed by atoms with Crippen LogP contribution in [0.3, 0.4) is 0 Å². The van der Waals surface area contributed by atoms with Crippen molar-refractivity contribution in [2.45, 2.75) is 32.9 Å². The highest BCUT2D eigenvalue weighted by Gasteiger charge is 2.37. The summed E-state index contributed by atoms with van der Waals surface area (Å²) in [6, 6.07) is 20.8. The molecule has 0 fully saturated rings. The summed E-state index contributed by atoms with van der Waals surface area (Å²) in [6.45, 7) is 6.42. The first-order valence-electron chi connectivity index (χ1n) is 7.40. The van der Waals surface area contributed by atoms with Crippen LogP contribution in [0, 0.1) is 5.41 Å². The summed E-state index contributed by atoms with van der Waals surface area (Å²) in [5, 5.41) is 0. The lowest BCUT2D eigenvalue weighted by Crippen LogP contribution is -2.21. The SMILES string of the molecule is CC(C)(C)C1=N[C@H](c2ccccc2)[C@H](c2ccccc2)O1. The quantitative estimate of drug-likeness (QED) is 0.762. The number of nitrogens with zero attached hydrogens (tertiary/aromatic N) is 1. The van der Waals surface area contributed by atoms with Gasteiger partial charge in [-0.25, -0.2) is 4.99 Å². The molecule has 1 heterocycles. The zero-order chi connectivity index (χ0) is 14.9. The highest BCUT2D eigenvalue weighted by Crippen LogP contribution is 2.42. The standard InChI is InChI=1S/C19H21NO/c1-19(2,3)18-20-16(14-10-6-4-7-11-14)17(21-18)15-12-8-5-9-13-15/h4-13,16-17H,1-3H3/t16-,17+/m1/s1. The average molecular weight is 279 g/mol. The van der Waals surface area contributed by atoms with E-state index in [0.29, 0.717) is 0 Å². The fourth-order valence-electron chi connectivity index (χ4n) is 2.57. The maximum atomic E-state index is 6.23. The Kier molecular flexibility index (Phi) is 3.54. The van der Waals surface area contributed by atoms with Gasteiger partial charge in [0.15, 0.2) is 12.0 Å². The Labute approximate surface area is 126 Å². The highest BCUT2D eigenvalue weighted by atomic mass is 16.5. The predicted octanol–water partition coefficient (Wildman–Crippen LogP) is 4.94. The van der Waals surface area contributed by atoms with Gasteiger partial charge in [-0.1, -0.05) is 81.4 Å². The number of aliphatic imine (C=N–C) groups is 1. The van der Waals surface area contributed by atoms with Crippen LogP contribution in [0.2, 0.25) is 0 Å². The molecule has 0 amide bonds. The molecule has 1 aliphatic rings. The van der Waals surface area contributed by atoms with Crippen LogP contribution in [0.5, 0.6) is 0 Å². The largest absolute Gasteiger partial charge is 0.470 e. The molecule has 0 aromatic heterocycles. The number of hydrogen-bond acceptors (Lipinski definition) is 2. The van der Waals surface area contributed by atoms with Crippen molar-refractivity contribution in [1.82, 2.24) is 0 Å². The van der Waals surface area contributed by atoms with Crippen LogP contribution in [0.1, 0.15) is 44.0 Å². The first-order chi connectivity index (χ1) is 10.1. The second kappa shape index (κ2) is 5.36. The van der Waals surface area contributed by atoms with E-state index in [1.165, 1.54) is 11.1 Å². The van der Waals surface area contributed by atoms with Gasteiger partial charge in [0.1, 0.15) is 6.04 Å². The molecule has 0 spiro atoms. The third kappa shape index (κ3) is 2.85. The molecule has 1 aliphatic heterocycles. The van der Waals surface area contributed by atoms with Gasteiger partial charge in [0, 0.05) is 5.41 Å². The lowest BCUT2D eigenvalue weighted by atomic mass is 9.96. The van der Waals surface area contributed by atoms with E-state index in [0.717, 1.165) is 5.90 Å². The molecule has 0 saturated heterocycles. The van der Waals surface area contributed by atoms with Gasteiger partial charge in [0.05, 0.1) is 0 Å². The van der Waals surface area contributed by atoms with Crippen molar-refractivity contribution in [3.8, 4) is 0 Å². The summed E-state index contributed by atoms with van der Waals surface area (Å²) in [4.78, 5) is 4.88. The van der Waals surface area contributed by atoms with Crippen LogP contribution < -0.4 is 0 Å². The van der Waals surface area contributed by atoms with Crippen molar-refractivity contribution in [2.75, 3.05) is 0 Å². The van der Waals surface area contributed by atoms with E-state index < -0.39 is 0 Å². The minimum absolute atomic E-state index is 0.0304. The van der Waals surface area contributed by atoms with Gasteiger partial charge in [0.2, 0.25) is 0 Å². The zero-order valence-electron chi connectivity index (χ0n) is 12.8. The van der Waals surface area contributed by atoms with Gasteiger partial charge in [-0.2, -0.15) is 0 Å². The molecule has 0 saturated carbocycles. The summed E-state index contributed by atoms with van der Waals surface area (Å²) in [5.41, 5.74) is 2.30. The van der Waals surface area contributed by atoms with Crippen LogP contribution in [0.15, 0.2) is 65.7 Å². The molecular formula is C19H21NO. The first kappa shape index (κ1) is 13.9. The summed E-state index contributed by atoms with van der Waals surface area (Å²) >= 11 is 0. The molecule has 2 atom stereocenters. The molecule has 108 valence electrons. The molecule has 2 heteroatoms. The van der Waals surface area contributed by atoms with Gasteiger partial charge in [-0.05, 0) is 11.1 Å². The summed E-state index contributed by atoms with van der Waals surface area (Å²) in [7, 11) is 0. The summed E-state index contributed by atoms with van der Waals surface area (Å²) < 4.78 is 6.23. The van der Waals surface area contributed by atoms with Crippen molar-refractivity contribution in [1.29, 1.82) is 0 Å². The lowest BCUT2D eigenvalue weighted by Gasteiger charge is -2.21. The van der Waals surface area contributed by atoms with E-state index in [-0.39, 0.29) is 17.6 Å². The fraction of sp³-hybridized carbons (Fsp3) is 0.316. The maximum absolute atomic E-state index is 6.23. The highest BCUT2D eigenvalue weighted by molar-refractivity contribution is 5.83. The Morgan fingerprint density at radius 3 is 1.86 bits per heavy atom. The molecule has 0 radical (unpaired) electrons. The third-order valence-corrected chi connectivity index (χ3v) is 3.69. The second-order valence-corrected chi connectivity index (χ2v) is 6.49. The Hall–Kier alpha value is -2.09. The van der Waals surface area contributed by atoms with Crippen molar-refractivity contribution in [2.24, 2.45) is 10.4 Å². The van der Waals surface area contributed by atoms with Crippen LogP contribution in [-0.2, 0) is 4.74 Å². The Morgan fingerprint density at radius 2 is 1.33 bits per heavy atom. The zero-order valence-corrected chi connectivity index (χ0v) is 12.8. The van der Waals surface area contributed by atoms with Gasteiger partial charge in [-0.3, -0.25) is 0 Å². The van der Waals surface area contributed by atoms with Crippen molar-refractivity contribution >= 4 is 5.90 Å². The molecule has 0 unspecified atom stereocenters. The van der Waals surface area contributed by atoms with Crippen LogP contribution in [0.25, 0.3) is 0 Å².